The standard InChI is InChI=1S/C15H16BrClFNO/c16-12-4-3-11(15(18)14(12)17)13(20)7-8-5-9-1-2-10(6-8)19-9/h3-4,8-10,19H,1-2,5-7H2. The predicted octanol–water partition coefficient (Wildman–Crippen LogP) is 4.35. The molecule has 1 N–H and O–H groups in total. The Bertz CT molecular complexity index is 539. The van der Waals surface area contributed by atoms with Crippen molar-refractivity contribution in [2.75, 3.05) is 0 Å². The van der Waals surface area contributed by atoms with Crippen LogP contribution in [0.5, 0.6) is 0 Å². The molecule has 5 heteroatoms. The normalized spacial score (nSPS) is 28.6. The fraction of sp³-hybridized carbons (Fsp3) is 0.533. The minimum Gasteiger partial charge on any atom is -0.311 e. The van der Waals surface area contributed by atoms with Crippen LogP contribution in [0.2, 0.25) is 5.02 Å². The molecule has 1 aromatic rings. The molecule has 2 nitrogen and oxygen atoms in total. The first-order chi connectivity index (χ1) is 9.54. The van der Waals surface area contributed by atoms with Gasteiger partial charge in [0.1, 0.15) is 0 Å². The van der Waals surface area contributed by atoms with Crippen molar-refractivity contribution in [2.45, 2.75) is 44.2 Å². The lowest BCUT2D eigenvalue weighted by atomic mass is 9.87. The number of benzene rings is 1. The summed E-state index contributed by atoms with van der Waals surface area (Å²) in [5.41, 5.74) is 0.115. The number of piperidine rings is 1. The molecule has 2 unspecified atom stereocenters. The van der Waals surface area contributed by atoms with Crippen molar-refractivity contribution in [3.8, 4) is 0 Å². The van der Waals surface area contributed by atoms with Crippen molar-refractivity contribution in [3.63, 3.8) is 0 Å². The summed E-state index contributed by atoms with van der Waals surface area (Å²) >= 11 is 9.00. The van der Waals surface area contributed by atoms with Gasteiger partial charge in [0.05, 0.1) is 10.6 Å². The molecule has 108 valence electrons. The highest BCUT2D eigenvalue weighted by Crippen LogP contribution is 2.34. The van der Waals surface area contributed by atoms with E-state index in [0.29, 0.717) is 28.9 Å². The third-order valence-corrected chi connectivity index (χ3v) is 5.64. The van der Waals surface area contributed by atoms with E-state index in [4.69, 9.17) is 11.6 Å². The molecule has 2 saturated heterocycles. The highest BCUT2D eigenvalue weighted by atomic mass is 79.9. The van der Waals surface area contributed by atoms with Crippen molar-refractivity contribution in [3.05, 3.63) is 33.0 Å². The summed E-state index contributed by atoms with van der Waals surface area (Å²) in [6.45, 7) is 0. The zero-order chi connectivity index (χ0) is 14.3. The summed E-state index contributed by atoms with van der Waals surface area (Å²) in [6, 6.07) is 4.24. The molecule has 0 amide bonds. The molecule has 2 fully saturated rings. The Hall–Kier alpha value is -0.450. The fourth-order valence-corrected chi connectivity index (χ4v) is 3.93. The Morgan fingerprint density at radius 2 is 2.00 bits per heavy atom. The molecule has 1 aromatic carbocycles. The lowest BCUT2D eigenvalue weighted by Crippen LogP contribution is -2.38. The van der Waals surface area contributed by atoms with Gasteiger partial charge in [0.25, 0.3) is 0 Å². The van der Waals surface area contributed by atoms with Gasteiger partial charge in [-0.1, -0.05) is 11.6 Å². The van der Waals surface area contributed by atoms with E-state index in [-0.39, 0.29) is 16.4 Å². The fourth-order valence-electron chi connectivity index (χ4n) is 3.46. The van der Waals surface area contributed by atoms with E-state index in [2.05, 4.69) is 21.2 Å². The lowest BCUT2D eigenvalue weighted by molar-refractivity contribution is 0.0941. The first-order valence-electron chi connectivity index (χ1n) is 6.97. The summed E-state index contributed by atoms with van der Waals surface area (Å²) in [5.74, 6) is -0.380. The number of ketones is 1. The number of fused-ring (bicyclic) bond motifs is 2. The zero-order valence-electron chi connectivity index (χ0n) is 11.0. The molecule has 20 heavy (non-hydrogen) atoms. The van der Waals surface area contributed by atoms with E-state index < -0.39 is 5.82 Å². The van der Waals surface area contributed by atoms with Gasteiger partial charge in [0, 0.05) is 23.0 Å². The monoisotopic (exact) mass is 359 g/mol. The lowest BCUT2D eigenvalue weighted by Gasteiger charge is -2.28. The largest absolute Gasteiger partial charge is 0.311 e. The summed E-state index contributed by atoms with van der Waals surface area (Å²) in [4.78, 5) is 12.3. The number of carbonyl (C=O) groups is 1. The third-order valence-electron chi connectivity index (χ3n) is 4.38. The third kappa shape index (κ3) is 2.78. The summed E-state index contributed by atoms with van der Waals surface area (Å²) in [6.07, 6.45) is 4.87. The van der Waals surface area contributed by atoms with E-state index in [9.17, 15) is 9.18 Å². The number of hydrogen-bond donors (Lipinski definition) is 1. The second-order valence-electron chi connectivity index (χ2n) is 5.83. The predicted molar refractivity (Wildman–Crippen MR) is 80.7 cm³/mol. The number of Topliss-reactive ketones (excluding diaryl/α,β-unsaturated/α-hetero) is 1. The minimum absolute atomic E-state index is 0.0127. The molecule has 0 spiro atoms. The molecule has 2 atom stereocenters. The van der Waals surface area contributed by atoms with Crippen LogP contribution in [0.1, 0.15) is 42.5 Å². The van der Waals surface area contributed by atoms with Gasteiger partial charge in [-0.05, 0) is 59.7 Å². The SMILES string of the molecule is O=C(CC1CC2CCC(C1)N2)c1ccc(Br)c(Cl)c1F. The Morgan fingerprint density at radius 1 is 1.35 bits per heavy atom. The molecule has 0 saturated carbocycles. The van der Waals surface area contributed by atoms with E-state index in [1.54, 1.807) is 6.07 Å². The quantitative estimate of drug-likeness (QED) is 0.641. The van der Waals surface area contributed by atoms with E-state index in [1.165, 1.54) is 18.9 Å². The van der Waals surface area contributed by atoms with Gasteiger partial charge in [0.15, 0.2) is 11.6 Å². The van der Waals surface area contributed by atoms with Gasteiger partial charge in [-0.3, -0.25) is 4.79 Å². The molecule has 3 rings (SSSR count). The Balaban J connectivity index is 1.72. The number of hydrogen-bond acceptors (Lipinski definition) is 2. The maximum atomic E-state index is 14.0. The molecule has 0 aliphatic carbocycles. The number of carbonyl (C=O) groups excluding carboxylic acids is 1. The molecule has 2 aliphatic rings. The molecule has 2 heterocycles. The molecule has 2 bridgehead atoms. The van der Waals surface area contributed by atoms with Crippen molar-refractivity contribution >= 4 is 33.3 Å². The van der Waals surface area contributed by atoms with Gasteiger partial charge < -0.3 is 5.32 Å². The number of halogens is 3. The van der Waals surface area contributed by atoms with Crippen LogP contribution in [0.25, 0.3) is 0 Å². The second kappa shape index (κ2) is 5.74. The van der Waals surface area contributed by atoms with Crippen LogP contribution >= 0.6 is 27.5 Å². The average Bonchev–Trinajstić information content (AvgIpc) is 2.75. The maximum absolute atomic E-state index is 14.0. The Morgan fingerprint density at radius 3 is 2.65 bits per heavy atom. The maximum Gasteiger partial charge on any atom is 0.166 e. The van der Waals surface area contributed by atoms with Crippen LogP contribution in [0.15, 0.2) is 16.6 Å². The number of rotatable bonds is 3. The summed E-state index contributed by atoms with van der Waals surface area (Å²) in [7, 11) is 0. The second-order valence-corrected chi connectivity index (χ2v) is 7.06. The first kappa shape index (κ1) is 14.5. The Kier molecular flexibility index (Phi) is 4.16. The molecular weight excluding hydrogens is 345 g/mol. The zero-order valence-corrected chi connectivity index (χ0v) is 13.3. The van der Waals surface area contributed by atoms with Crippen LogP contribution in [-0.2, 0) is 0 Å². The Labute approximate surface area is 131 Å². The van der Waals surface area contributed by atoms with Crippen LogP contribution < -0.4 is 5.32 Å². The first-order valence-corrected chi connectivity index (χ1v) is 8.14. The van der Waals surface area contributed by atoms with Gasteiger partial charge in [-0.15, -0.1) is 0 Å². The average molecular weight is 361 g/mol. The van der Waals surface area contributed by atoms with Crippen molar-refractivity contribution < 1.29 is 9.18 Å². The highest BCUT2D eigenvalue weighted by molar-refractivity contribution is 9.10. The van der Waals surface area contributed by atoms with E-state index >= 15 is 0 Å². The van der Waals surface area contributed by atoms with Crippen molar-refractivity contribution in [1.29, 1.82) is 0 Å². The van der Waals surface area contributed by atoms with Gasteiger partial charge in [-0.2, -0.15) is 0 Å². The summed E-state index contributed by atoms with van der Waals surface area (Å²) < 4.78 is 14.5. The summed E-state index contributed by atoms with van der Waals surface area (Å²) in [5, 5.41) is 3.54. The molecule has 0 aromatic heterocycles. The van der Waals surface area contributed by atoms with Crippen LogP contribution in [0.3, 0.4) is 0 Å². The molecule has 0 radical (unpaired) electrons. The number of nitrogens with one attached hydrogen (secondary N) is 1. The van der Waals surface area contributed by atoms with Crippen LogP contribution in [-0.4, -0.2) is 17.9 Å². The smallest absolute Gasteiger partial charge is 0.166 e. The molecule has 2 aliphatic heterocycles. The highest BCUT2D eigenvalue weighted by Gasteiger charge is 2.34. The topological polar surface area (TPSA) is 29.1 Å². The molecular formula is C15H16BrClFNO. The van der Waals surface area contributed by atoms with Crippen LogP contribution in [0, 0.1) is 11.7 Å². The van der Waals surface area contributed by atoms with Crippen molar-refractivity contribution in [2.24, 2.45) is 5.92 Å². The van der Waals surface area contributed by atoms with Gasteiger partial charge >= 0.3 is 0 Å². The van der Waals surface area contributed by atoms with Gasteiger partial charge in [0.2, 0.25) is 0 Å². The van der Waals surface area contributed by atoms with E-state index in [1.807, 2.05) is 0 Å². The van der Waals surface area contributed by atoms with Crippen LogP contribution in [0.4, 0.5) is 4.39 Å². The van der Waals surface area contributed by atoms with E-state index in [0.717, 1.165) is 12.8 Å². The van der Waals surface area contributed by atoms with Crippen molar-refractivity contribution in [1.82, 2.24) is 5.32 Å². The van der Waals surface area contributed by atoms with Gasteiger partial charge in [-0.25, -0.2) is 4.39 Å². The minimum atomic E-state index is -0.608.